The van der Waals surface area contributed by atoms with Crippen LogP contribution in [0.4, 0.5) is 5.82 Å². The molecule has 0 saturated heterocycles. The van der Waals surface area contributed by atoms with Gasteiger partial charge in [0.05, 0.1) is 17.5 Å². The minimum Gasteiger partial charge on any atom is -0.469 e. The first-order chi connectivity index (χ1) is 8.00. The van der Waals surface area contributed by atoms with Crippen molar-refractivity contribution in [1.29, 1.82) is 0 Å². The zero-order valence-electron chi connectivity index (χ0n) is 9.52. The van der Waals surface area contributed by atoms with Crippen molar-refractivity contribution in [1.82, 2.24) is 9.97 Å². The zero-order valence-corrected chi connectivity index (χ0v) is 9.52. The number of hydrogen-bond acceptors (Lipinski definition) is 5. The van der Waals surface area contributed by atoms with Crippen LogP contribution < -0.4 is 11.5 Å². The van der Waals surface area contributed by atoms with Crippen LogP contribution in [0.15, 0.2) is 16.7 Å². The number of hydrogen-bond donors (Lipinski definition) is 2. The monoisotopic (exact) mass is 232 g/mol. The van der Waals surface area contributed by atoms with Gasteiger partial charge >= 0.3 is 0 Å². The van der Waals surface area contributed by atoms with Gasteiger partial charge in [0.2, 0.25) is 0 Å². The molecule has 0 spiro atoms. The van der Waals surface area contributed by atoms with Crippen LogP contribution in [0.1, 0.15) is 21.8 Å². The number of carbonyl (C=O) groups excluding carboxylic acids is 1. The molecule has 0 atom stereocenters. The number of nitrogens with two attached hydrogens (primary N) is 2. The number of nitrogen functional groups attached to an aromatic ring is 1. The minimum absolute atomic E-state index is 0.0839. The van der Waals surface area contributed by atoms with Gasteiger partial charge in [-0.2, -0.15) is 0 Å². The molecule has 0 unspecified atom stereocenters. The predicted molar refractivity (Wildman–Crippen MR) is 62.1 cm³/mol. The number of nitrogens with zero attached hydrogens (tertiary/aromatic N) is 2. The summed E-state index contributed by atoms with van der Waals surface area (Å²) in [5.41, 5.74) is 12.3. The first-order valence-electron chi connectivity index (χ1n) is 4.99. The predicted octanol–water partition coefficient (Wildman–Crippen LogP) is 1.03. The van der Waals surface area contributed by atoms with Crippen LogP contribution >= 0.6 is 0 Å². The molecule has 6 heteroatoms. The number of carbonyl (C=O) groups is 1. The van der Waals surface area contributed by atoms with E-state index in [2.05, 4.69) is 9.97 Å². The van der Waals surface area contributed by atoms with Gasteiger partial charge in [0.15, 0.2) is 5.82 Å². The summed E-state index contributed by atoms with van der Waals surface area (Å²) in [5.74, 6) is 0.572. The quantitative estimate of drug-likeness (QED) is 0.804. The Morgan fingerprint density at radius 3 is 2.53 bits per heavy atom. The summed E-state index contributed by atoms with van der Waals surface area (Å²) in [7, 11) is 0. The average molecular weight is 232 g/mol. The number of furan rings is 1. The van der Waals surface area contributed by atoms with Crippen molar-refractivity contribution < 1.29 is 9.21 Å². The van der Waals surface area contributed by atoms with E-state index in [0.29, 0.717) is 17.3 Å². The van der Waals surface area contributed by atoms with Crippen LogP contribution in [0.3, 0.4) is 0 Å². The average Bonchev–Trinajstić information content (AvgIpc) is 2.62. The van der Waals surface area contributed by atoms with Gasteiger partial charge in [-0.05, 0) is 19.9 Å². The maximum atomic E-state index is 11.2. The Morgan fingerprint density at radius 2 is 2.06 bits per heavy atom. The second-order valence-corrected chi connectivity index (χ2v) is 3.65. The fourth-order valence-corrected chi connectivity index (χ4v) is 1.64. The molecule has 1 amide bonds. The van der Waals surface area contributed by atoms with E-state index in [0.717, 1.165) is 5.56 Å². The number of rotatable bonds is 2. The molecule has 0 radical (unpaired) electrons. The lowest BCUT2D eigenvalue weighted by Gasteiger charge is -2.06. The van der Waals surface area contributed by atoms with Gasteiger partial charge in [-0.25, -0.2) is 9.97 Å². The molecule has 17 heavy (non-hydrogen) atoms. The fourth-order valence-electron chi connectivity index (χ4n) is 1.64. The molecule has 4 N–H and O–H groups in total. The molecule has 0 aromatic carbocycles. The molecule has 0 fully saturated rings. The van der Waals surface area contributed by atoms with Crippen molar-refractivity contribution >= 4 is 11.7 Å². The maximum Gasteiger partial charge on any atom is 0.254 e. The number of primary amides is 1. The van der Waals surface area contributed by atoms with E-state index in [-0.39, 0.29) is 11.4 Å². The van der Waals surface area contributed by atoms with Crippen molar-refractivity contribution in [3.63, 3.8) is 0 Å². The third-order valence-corrected chi connectivity index (χ3v) is 2.46. The number of aromatic nitrogens is 2. The Kier molecular flexibility index (Phi) is 2.55. The molecule has 0 aliphatic carbocycles. The smallest absolute Gasteiger partial charge is 0.254 e. The second kappa shape index (κ2) is 3.89. The molecule has 2 heterocycles. The summed E-state index contributed by atoms with van der Waals surface area (Å²) in [6.07, 6.45) is 1.54. The Hall–Kier alpha value is -2.37. The van der Waals surface area contributed by atoms with E-state index in [4.69, 9.17) is 15.9 Å². The lowest BCUT2D eigenvalue weighted by molar-refractivity contribution is 0.1000. The first-order valence-corrected chi connectivity index (χ1v) is 4.99. The van der Waals surface area contributed by atoms with Gasteiger partial charge in [-0.3, -0.25) is 4.79 Å². The van der Waals surface area contributed by atoms with Crippen molar-refractivity contribution in [2.45, 2.75) is 13.8 Å². The Bertz CT molecular complexity index is 566. The lowest BCUT2D eigenvalue weighted by Crippen LogP contribution is -2.17. The van der Waals surface area contributed by atoms with Crippen LogP contribution in [-0.2, 0) is 0 Å². The molecule has 0 aliphatic rings. The molecule has 2 rings (SSSR count). The van der Waals surface area contributed by atoms with E-state index in [1.54, 1.807) is 26.2 Å². The van der Waals surface area contributed by atoms with E-state index in [1.165, 1.54) is 0 Å². The Balaban J connectivity index is 2.61. The molecular formula is C11H12N4O2. The number of anilines is 1. The largest absolute Gasteiger partial charge is 0.469 e. The highest BCUT2D eigenvalue weighted by molar-refractivity contribution is 5.98. The molecule has 2 aromatic heterocycles. The molecular weight excluding hydrogens is 220 g/mol. The van der Waals surface area contributed by atoms with E-state index >= 15 is 0 Å². The SMILES string of the molecule is Cc1nc(-c2ccoc2C)nc(N)c1C(N)=O. The summed E-state index contributed by atoms with van der Waals surface area (Å²) in [6, 6.07) is 1.74. The van der Waals surface area contributed by atoms with Crippen LogP contribution in [-0.4, -0.2) is 15.9 Å². The molecule has 0 bridgehead atoms. The summed E-state index contributed by atoms with van der Waals surface area (Å²) in [6.45, 7) is 3.46. The summed E-state index contributed by atoms with van der Waals surface area (Å²) >= 11 is 0. The van der Waals surface area contributed by atoms with Gasteiger partial charge in [0.1, 0.15) is 17.1 Å². The fraction of sp³-hybridized carbons (Fsp3) is 0.182. The van der Waals surface area contributed by atoms with Crippen molar-refractivity contribution in [2.75, 3.05) is 5.73 Å². The van der Waals surface area contributed by atoms with Crippen LogP contribution in [0, 0.1) is 13.8 Å². The standard InChI is InChI=1S/C11H12N4O2/c1-5-8(10(13)16)9(12)15-11(14-5)7-3-4-17-6(7)2/h3-4H,1-2H3,(H2,13,16)(H2,12,14,15). The summed E-state index contributed by atoms with van der Waals surface area (Å²) < 4.78 is 5.16. The highest BCUT2D eigenvalue weighted by Gasteiger charge is 2.16. The molecule has 0 saturated carbocycles. The van der Waals surface area contributed by atoms with E-state index in [9.17, 15) is 4.79 Å². The molecule has 0 aliphatic heterocycles. The molecule has 88 valence electrons. The molecule has 2 aromatic rings. The second-order valence-electron chi connectivity index (χ2n) is 3.65. The van der Waals surface area contributed by atoms with Crippen LogP contribution in [0.5, 0.6) is 0 Å². The van der Waals surface area contributed by atoms with Crippen molar-refractivity contribution in [2.24, 2.45) is 5.73 Å². The van der Waals surface area contributed by atoms with Crippen LogP contribution in [0.25, 0.3) is 11.4 Å². The van der Waals surface area contributed by atoms with Gasteiger partial charge in [-0.15, -0.1) is 0 Å². The van der Waals surface area contributed by atoms with Gasteiger partial charge in [0, 0.05) is 0 Å². The Labute approximate surface area is 97.7 Å². The highest BCUT2D eigenvalue weighted by atomic mass is 16.3. The summed E-state index contributed by atoms with van der Waals surface area (Å²) in [4.78, 5) is 19.4. The topological polar surface area (TPSA) is 108 Å². The van der Waals surface area contributed by atoms with Crippen LogP contribution in [0.2, 0.25) is 0 Å². The maximum absolute atomic E-state index is 11.2. The van der Waals surface area contributed by atoms with Crippen molar-refractivity contribution in [3.05, 3.63) is 29.3 Å². The van der Waals surface area contributed by atoms with Gasteiger partial charge in [-0.1, -0.05) is 0 Å². The van der Waals surface area contributed by atoms with E-state index < -0.39 is 5.91 Å². The first kappa shape index (κ1) is 11.1. The number of aryl methyl sites for hydroxylation is 2. The van der Waals surface area contributed by atoms with Gasteiger partial charge in [0.25, 0.3) is 5.91 Å². The zero-order chi connectivity index (χ0) is 12.6. The normalized spacial score (nSPS) is 10.5. The highest BCUT2D eigenvalue weighted by Crippen LogP contribution is 2.23. The Morgan fingerprint density at radius 1 is 1.35 bits per heavy atom. The molecule has 6 nitrogen and oxygen atoms in total. The van der Waals surface area contributed by atoms with Gasteiger partial charge < -0.3 is 15.9 Å². The summed E-state index contributed by atoms with van der Waals surface area (Å²) in [5, 5.41) is 0. The third kappa shape index (κ3) is 1.84. The van der Waals surface area contributed by atoms with Crippen molar-refractivity contribution in [3.8, 4) is 11.4 Å². The lowest BCUT2D eigenvalue weighted by atomic mass is 10.2. The number of amides is 1. The minimum atomic E-state index is -0.629. The van der Waals surface area contributed by atoms with E-state index in [1.807, 2.05) is 0 Å². The third-order valence-electron chi connectivity index (χ3n) is 2.46.